The highest BCUT2D eigenvalue weighted by atomic mass is 32.1. The van der Waals surface area contributed by atoms with E-state index in [0.717, 1.165) is 23.6 Å². The molecule has 0 aliphatic rings. The summed E-state index contributed by atoms with van der Waals surface area (Å²) in [4.78, 5) is 6.57. The molecule has 0 saturated heterocycles. The molecule has 0 atom stereocenters. The summed E-state index contributed by atoms with van der Waals surface area (Å²) in [5.74, 6) is 0. The SMILES string of the molecule is CN(Cc1ccn2nccc2c1)Cc1nccs1. The van der Waals surface area contributed by atoms with Crippen LogP contribution >= 0.6 is 11.3 Å². The van der Waals surface area contributed by atoms with E-state index in [1.165, 1.54) is 5.56 Å². The summed E-state index contributed by atoms with van der Waals surface area (Å²) in [6.45, 7) is 1.81. The van der Waals surface area contributed by atoms with Gasteiger partial charge in [0.15, 0.2) is 0 Å². The van der Waals surface area contributed by atoms with Crippen LogP contribution in [-0.2, 0) is 13.1 Å². The number of thiazole rings is 1. The highest BCUT2D eigenvalue weighted by Gasteiger charge is 2.04. The van der Waals surface area contributed by atoms with Gasteiger partial charge in [-0.1, -0.05) is 0 Å². The summed E-state index contributed by atoms with van der Waals surface area (Å²) in [7, 11) is 2.11. The predicted molar refractivity (Wildman–Crippen MR) is 72.5 cm³/mol. The molecule has 0 N–H and O–H groups in total. The number of fused-ring (bicyclic) bond motifs is 1. The highest BCUT2D eigenvalue weighted by Crippen LogP contribution is 2.12. The minimum atomic E-state index is 0.891. The lowest BCUT2D eigenvalue weighted by molar-refractivity contribution is 0.318. The van der Waals surface area contributed by atoms with Crippen molar-refractivity contribution in [3.8, 4) is 0 Å². The summed E-state index contributed by atoms with van der Waals surface area (Å²) in [6, 6.07) is 6.30. The Hall–Kier alpha value is -1.72. The van der Waals surface area contributed by atoms with Crippen molar-refractivity contribution in [3.63, 3.8) is 0 Å². The van der Waals surface area contributed by atoms with Crippen LogP contribution in [-0.4, -0.2) is 26.5 Å². The molecule has 0 fully saturated rings. The van der Waals surface area contributed by atoms with Crippen molar-refractivity contribution in [2.24, 2.45) is 0 Å². The third-order valence-corrected chi connectivity index (χ3v) is 3.57. The summed E-state index contributed by atoms with van der Waals surface area (Å²) < 4.78 is 1.88. The first-order valence-corrected chi connectivity index (χ1v) is 6.68. The van der Waals surface area contributed by atoms with Gasteiger partial charge in [0.1, 0.15) is 5.01 Å². The molecule has 0 aliphatic heterocycles. The van der Waals surface area contributed by atoms with Crippen LogP contribution in [0.15, 0.2) is 42.2 Å². The fourth-order valence-electron chi connectivity index (χ4n) is 2.00. The van der Waals surface area contributed by atoms with Crippen molar-refractivity contribution in [2.45, 2.75) is 13.1 Å². The van der Waals surface area contributed by atoms with E-state index < -0.39 is 0 Å². The second-order valence-electron chi connectivity index (χ2n) is 4.33. The monoisotopic (exact) mass is 258 g/mol. The molecule has 0 bridgehead atoms. The van der Waals surface area contributed by atoms with Crippen LogP contribution < -0.4 is 0 Å². The number of nitrogens with zero attached hydrogens (tertiary/aromatic N) is 4. The first-order chi connectivity index (χ1) is 8.81. The molecule has 0 radical (unpaired) electrons. The largest absolute Gasteiger partial charge is 0.295 e. The van der Waals surface area contributed by atoms with Gasteiger partial charge in [0, 0.05) is 30.5 Å². The van der Waals surface area contributed by atoms with E-state index >= 15 is 0 Å². The molecule has 0 spiro atoms. The topological polar surface area (TPSA) is 33.4 Å². The fourth-order valence-corrected chi connectivity index (χ4v) is 2.69. The molecule has 0 aromatic carbocycles. The Labute approximate surface area is 110 Å². The van der Waals surface area contributed by atoms with Crippen LogP contribution in [0.3, 0.4) is 0 Å². The normalized spacial score (nSPS) is 11.4. The van der Waals surface area contributed by atoms with Crippen LogP contribution in [0.25, 0.3) is 5.52 Å². The Bertz CT molecular complexity index is 629. The van der Waals surface area contributed by atoms with Gasteiger partial charge in [-0.2, -0.15) is 5.10 Å². The van der Waals surface area contributed by atoms with Gasteiger partial charge in [-0.3, -0.25) is 4.90 Å². The Balaban J connectivity index is 1.71. The molecule has 18 heavy (non-hydrogen) atoms. The van der Waals surface area contributed by atoms with E-state index in [2.05, 4.69) is 34.2 Å². The third-order valence-electron chi connectivity index (χ3n) is 2.81. The van der Waals surface area contributed by atoms with Gasteiger partial charge in [-0.15, -0.1) is 11.3 Å². The molecule has 3 aromatic heterocycles. The average Bonchev–Trinajstić information content (AvgIpc) is 2.98. The van der Waals surface area contributed by atoms with E-state index in [-0.39, 0.29) is 0 Å². The van der Waals surface area contributed by atoms with Crippen molar-refractivity contribution in [1.29, 1.82) is 0 Å². The zero-order valence-electron chi connectivity index (χ0n) is 10.2. The van der Waals surface area contributed by atoms with E-state index in [0.29, 0.717) is 0 Å². The van der Waals surface area contributed by atoms with Crippen LogP contribution in [0, 0.1) is 0 Å². The van der Waals surface area contributed by atoms with E-state index in [1.807, 2.05) is 34.6 Å². The van der Waals surface area contributed by atoms with Crippen molar-refractivity contribution in [2.75, 3.05) is 7.05 Å². The minimum Gasteiger partial charge on any atom is -0.295 e. The number of rotatable bonds is 4. The first kappa shape index (κ1) is 11.4. The number of hydrogen-bond acceptors (Lipinski definition) is 4. The summed E-state index contributed by atoms with van der Waals surface area (Å²) in [5.41, 5.74) is 2.43. The molecule has 4 nitrogen and oxygen atoms in total. The Morgan fingerprint density at radius 3 is 3.06 bits per heavy atom. The van der Waals surface area contributed by atoms with Crippen LogP contribution in [0.4, 0.5) is 0 Å². The van der Waals surface area contributed by atoms with Gasteiger partial charge >= 0.3 is 0 Å². The maximum absolute atomic E-state index is 4.30. The number of pyridine rings is 1. The third kappa shape index (κ3) is 2.42. The van der Waals surface area contributed by atoms with Gasteiger partial charge < -0.3 is 0 Å². The smallest absolute Gasteiger partial charge is 0.107 e. The van der Waals surface area contributed by atoms with Gasteiger partial charge in [-0.05, 0) is 30.8 Å². The van der Waals surface area contributed by atoms with Gasteiger partial charge in [0.25, 0.3) is 0 Å². The lowest BCUT2D eigenvalue weighted by Gasteiger charge is -2.15. The van der Waals surface area contributed by atoms with Crippen LogP contribution in [0.1, 0.15) is 10.6 Å². The molecule has 0 amide bonds. The summed E-state index contributed by atoms with van der Waals surface area (Å²) >= 11 is 1.70. The van der Waals surface area contributed by atoms with Crippen LogP contribution in [0.5, 0.6) is 0 Å². The van der Waals surface area contributed by atoms with Crippen molar-refractivity contribution in [1.82, 2.24) is 19.5 Å². The van der Waals surface area contributed by atoms with Gasteiger partial charge in [0.2, 0.25) is 0 Å². The molecule has 3 rings (SSSR count). The predicted octanol–water partition coefficient (Wildman–Crippen LogP) is 2.42. The van der Waals surface area contributed by atoms with E-state index in [9.17, 15) is 0 Å². The lowest BCUT2D eigenvalue weighted by atomic mass is 10.2. The second-order valence-corrected chi connectivity index (χ2v) is 5.31. The standard InChI is InChI=1S/C13H14N4S/c1-16(10-13-14-5-7-18-13)9-11-3-6-17-12(8-11)2-4-15-17/h2-8H,9-10H2,1H3. The van der Waals surface area contributed by atoms with Gasteiger partial charge in [-0.25, -0.2) is 9.50 Å². The molecule has 0 aliphatic carbocycles. The molecule has 0 saturated carbocycles. The number of aromatic nitrogens is 3. The Morgan fingerprint density at radius 1 is 1.28 bits per heavy atom. The fraction of sp³-hybridized carbons (Fsp3) is 0.231. The van der Waals surface area contributed by atoms with Crippen molar-refractivity contribution in [3.05, 3.63) is 52.7 Å². The second kappa shape index (κ2) is 4.88. The lowest BCUT2D eigenvalue weighted by Crippen LogP contribution is -2.17. The van der Waals surface area contributed by atoms with Crippen LogP contribution in [0.2, 0.25) is 0 Å². The van der Waals surface area contributed by atoms with Crippen molar-refractivity contribution >= 4 is 16.9 Å². The van der Waals surface area contributed by atoms with Gasteiger partial charge in [0.05, 0.1) is 12.1 Å². The molecular formula is C13H14N4S. The average molecular weight is 258 g/mol. The van der Waals surface area contributed by atoms with E-state index in [4.69, 9.17) is 0 Å². The highest BCUT2D eigenvalue weighted by molar-refractivity contribution is 7.09. The van der Waals surface area contributed by atoms with E-state index in [1.54, 1.807) is 11.3 Å². The molecule has 5 heteroatoms. The van der Waals surface area contributed by atoms with Crippen molar-refractivity contribution < 1.29 is 0 Å². The first-order valence-electron chi connectivity index (χ1n) is 5.80. The molecule has 3 aromatic rings. The Morgan fingerprint density at radius 2 is 2.22 bits per heavy atom. The maximum Gasteiger partial charge on any atom is 0.107 e. The maximum atomic E-state index is 4.30. The molecule has 92 valence electrons. The Kier molecular flexibility index (Phi) is 3.08. The summed E-state index contributed by atoms with van der Waals surface area (Å²) in [6.07, 6.45) is 5.67. The zero-order valence-corrected chi connectivity index (χ0v) is 11.0. The molecular weight excluding hydrogens is 244 g/mol. The number of hydrogen-bond donors (Lipinski definition) is 0. The zero-order chi connectivity index (χ0) is 12.4. The molecule has 3 heterocycles. The minimum absolute atomic E-state index is 0.891. The molecule has 0 unspecified atom stereocenters. The summed E-state index contributed by atoms with van der Waals surface area (Å²) in [5, 5.41) is 7.37. The quantitative estimate of drug-likeness (QED) is 0.720.